The van der Waals surface area contributed by atoms with Crippen LogP contribution < -0.4 is 10.1 Å². The smallest absolute Gasteiger partial charge is 0.122 e. The zero-order valence-electron chi connectivity index (χ0n) is 11.2. The van der Waals surface area contributed by atoms with Gasteiger partial charge in [-0.25, -0.2) is 0 Å². The van der Waals surface area contributed by atoms with E-state index >= 15 is 0 Å². The lowest BCUT2D eigenvalue weighted by Gasteiger charge is -2.25. The van der Waals surface area contributed by atoms with E-state index in [1.54, 1.807) is 0 Å². The van der Waals surface area contributed by atoms with Gasteiger partial charge in [-0.15, -0.1) is 0 Å². The first-order chi connectivity index (χ1) is 9.31. The van der Waals surface area contributed by atoms with Gasteiger partial charge < -0.3 is 10.1 Å². The van der Waals surface area contributed by atoms with Crippen molar-refractivity contribution >= 4 is 0 Å². The van der Waals surface area contributed by atoms with Gasteiger partial charge in [0.2, 0.25) is 0 Å². The molecule has 0 aliphatic carbocycles. The van der Waals surface area contributed by atoms with Crippen LogP contribution in [0, 0.1) is 5.92 Å². The molecule has 4 nitrogen and oxygen atoms in total. The van der Waals surface area contributed by atoms with E-state index in [1.165, 1.54) is 11.1 Å². The average molecular weight is 257 g/mol. The number of benzene rings is 1. The molecule has 1 aliphatic heterocycles. The fourth-order valence-corrected chi connectivity index (χ4v) is 2.51. The third-order valence-corrected chi connectivity index (χ3v) is 3.48. The first-order valence-corrected chi connectivity index (χ1v) is 6.70. The van der Waals surface area contributed by atoms with Crippen LogP contribution in [0.25, 0.3) is 0 Å². The van der Waals surface area contributed by atoms with Crippen LogP contribution in [0.5, 0.6) is 5.75 Å². The molecule has 0 radical (unpaired) electrons. The molecule has 100 valence electrons. The highest BCUT2D eigenvalue weighted by Gasteiger charge is 2.18. The molecule has 0 saturated heterocycles. The summed E-state index contributed by atoms with van der Waals surface area (Å²) < 4.78 is 7.62. The van der Waals surface area contributed by atoms with Gasteiger partial charge in [0.05, 0.1) is 12.8 Å². The molecule has 2 aromatic rings. The standard InChI is InChI=1S/C15H19N3O/c1-18-10-13(9-17-18)8-16-7-12-6-14-4-2-3-5-15(14)19-11-12/h2-5,9-10,12,16H,6-8,11H2,1H3. The summed E-state index contributed by atoms with van der Waals surface area (Å²) in [6, 6.07) is 8.31. The second-order valence-electron chi connectivity index (χ2n) is 5.14. The summed E-state index contributed by atoms with van der Waals surface area (Å²) >= 11 is 0. The van der Waals surface area contributed by atoms with Gasteiger partial charge in [0.25, 0.3) is 0 Å². The zero-order valence-corrected chi connectivity index (χ0v) is 11.2. The first kappa shape index (κ1) is 12.2. The fraction of sp³-hybridized carbons (Fsp3) is 0.400. The van der Waals surface area contributed by atoms with Crippen molar-refractivity contribution in [1.29, 1.82) is 0 Å². The highest BCUT2D eigenvalue weighted by atomic mass is 16.5. The lowest BCUT2D eigenvalue weighted by molar-refractivity contribution is 0.218. The van der Waals surface area contributed by atoms with Gasteiger partial charge in [-0.05, 0) is 18.1 Å². The Bertz CT molecular complexity index is 550. The number of ether oxygens (including phenoxy) is 1. The topological polar surface area (TPSA) is 39.1 Å². The van der Waals surface area contributed by atoms with Crippen LogP contribution in [0.4, 0.5) is 0 Å². The molecule has 1 atom stereocenters. The number of aryl methyl sites for hydroxylation is 1. The Labute approximate surface area is 113 Å². The molecule has 0 amide bonds. The second kappa shape index (κ2) is 5.45. The minimum atomic E-state index is 0.548. The molecular weight excluding hydrogens is 238 g/mol. The Kier molecular flexibility index (Phi) is 3.51. The number of rotatable bonds is 4. The van der Waals surface area contributed by atoms with E-state index in [1.807, 2.05) is 30.2 Å². The highest BCUT2D eigenvalue weighted by molar-refractivity contribution is 5.35. The minimum absolute atomic E-state index is 0.548. The van der Waals surface area contributed by atoms with Crippen LogP contribution in [0.2, 0.25) is 0 Å². The van der Waals surface area contributed by atoms with Gasteiger partial charge in [0, 0.05) is 37.8 Å². The SMILES string of the molecule is Cn1cc(CNCC2COc3ccccc3C2)cn1. The Morgan fingerprint density at radius 3 is 3.16 bits per heavy atom. The molecule has 4 heteroatoms. The number of nitrogens with one attached hydrogen (secondary N) is 1. The van der Waals surface area contributed by atoms with Gasteiger partial charge in [-0.3, -0.25) is 4.68 Å². The van der Waals surface area contributed by atoms with E-state index in [2.05, 4.69) is 28.6 Å². The quantitative estimate of drug-likeness (QED) is 0.907. The normalized spacial score (nSPS) is 17.8. The highest BCUT2D eigenvalue weighted by Crippen LogP contribution is 2.26. The van der Waals surface area contributed by atoms with Crippen LogP contribution in [0.3, 0.4) is 0 Å². The number of hydrogen-bond acceptors (Lipinski definition) is 3. The average Bonchev–Trinajstić information content (AvgIpc) is 2.84. The van der Waals surface area contributed by atoms with Crippen molar-refractivity contribution in [2.24, 2.45) is 13.0 Å². The number of para-hydroxylation sites is 1. The summed E-state index contributed by atoms with van der Waals surface area (Å²) in [4.78, 5) is 0. The van der Waals surface area contributed by atoms with Crippen molar-refractivity contribution in [3.63, 3.8) is 0 Å². The molecule has 0 bridgehead atoms. The summed E-state index contributed by atoms with van der Waals surface area (Å²) in [5, 5.41) is 7.65. The van der Waals surface area contributed by atoms with E-state index in [-0.39, 0.29) is 0 Å². The lowest BCUT2D eigenvalue weighted by Crippen LogP contribution is -2.31. The van der Waals surface area contributed by atoms with Gasteiger partial charge in [0.15, 0.2) is 0 Å². The fourth-order valence-electron chi connectivity index (χ4n) is 2.51. The van der Waals surface area contributed by atoms with Crippen molar-refractivity contribution in [1.82, 2.24) is 15.1 Å². The molecule has 1 aromatic carbocycles. The maximum atomic E-state index is 5.79. The van der Waals surface area contributed by atoms with Crippen molar-refractivity contribution in [2.45, 2.75) is 13.0 Å². The maximum absolute atomic E-state index is 5.79. The number of fused-ring (bicyclic) bond motifs is 1. The zero-order chi connectivity index (χ0) is 13.1. The maximum Gasteiger partial charge on any atom is 0.122 e. The lowest BCUT2D eigenvalue weighted by atomic mass is 9.97. The number of nitrogens with zero attached hydrogens (tertiary/aromatic N) is 2. The summed E-state index contributed by atoms with van der Waals surface area (Å²) in [7, 11) is 1.94. The first-order valence-electron chi connectivity index (χ1n) is 6.70. The summed E-state index contributed by atoms with van der Waals surface area (Å²) in [5.41, 5.74) is 2.54. The predicted molar refractivity (Wildman–Crippen MR) is 74.0 cm³/mol. The molecule has 1 aliphatic rings. The Morgan fingerprint density at radius 1 is 1.42 bits per heavy atom. The molecule has 2 heterocycles. The van der Waals surface area contributed by atoms with Gasteiger partial charge in [-0.1, -0.05) is 18.2 Å². The molecular formula is C15H19N3O. The monoisotopic (exact) mass is 257 g/mol. The largest absolute Gasteiger partial charge is 0.493 e. The molecule has 1 aromatic heterocycles. The van der Waals surface area contributed by atoms with Crippen molar-refractivity contribution in [2.75, 3.05) is 13.2 Å². The molecule has 19 heavy (non-hydrogen) atoms. The number of hydrogen-bond donors (Lipinski definition) is 1. The van der Waals surface area contributed by atoms with Crippen molar-refractivity contribution in [3.05, 3.63) is 47.8 Å². The van der Waals surface area contributed by atoms with E-state index in [9.17, 15) is 0 Å². The third kappa shape index (κ3) is 2.96. The van der Waals surface area contributed by atoms with Crippen molar-refractivity contribution < 1.29 is 4.74 Å². The Balaban J connectivity index is 1.50. The van der Waals surface area contributed by atoms with Crippen LogP contribution in [-0.4, -0.2) is 22.9 Å². The molecule has 0 spiro atoms. The Morgan fingerprint density at radius 2 is 2.32 bits per heavy atom. The molecule has 1 N–H and O–H groups in total. The molecule has 0 fully saturated rings. The van der Waals surface area contributed by atoms with E-state index in [0.29, 0.717) is 5.92 Å². The van der Waals surface area contributed by atoms with Gasteiger partial charge >= 0.3 is 0 Å². The van der Waals surface area contributed by atoms with E-state index < -0.39 is 0 Å². The molecule has 3 rings (SSSR count). The minimum Gasteiger partial charge on any atom is -0.493 e. The van der Waals surface area contributed by atoms with Crippen LogP contribution in [0.15, 0.2) is 36.7 Å². The second-order valence-corrected chi connectivity index (χ2v) is 5.14. The van der Waals surface area contributed by atoms with Crippen LogP contribution in [0.1, 0.15) is 11.1 Å². The summed E-state index contributed by atoms with van der Waals surface area (Å²) in [6.07, 6.45) is 5.04. The molecule has 1 unspecified atom stereocenters. The van der Waals surface area contributed by atoms with E-state index in [0.717, 1.165) is 31.9 Å². The third-order valence-electron chi connectivity index (χ3n) is 3.48. The summed E-state index contributed by atoms with van der Waals surface area (Å²) in [5.74, 6) is 1.59. The van der Waals surface area contributed by atoms with Gasteiger partial charge in [0.1, 0.15) is 5.75 Å². The van der Waals surface area contributed by atoms with E-state index in [4.69, 9.17) is 4.74 Å². The van der Waals surface area contributed by atoms with Crippen LogP contribution >= 0.6 is 0 Å². The summed E-state index contributed by atoms with van der Waals surface area (Å²) in [6.45, 7) is 2.65. The van der Waals surface area contributed by atoms with Gasteiger partial charge in [-0.2, -0.15) is 5.10 Å². The van der Waals surface area contributed by atoms with Crippen molar-refractivity contribution in [3.8, 4) is 5.75 Å². The molecule has 0 saturated carbocycles. The Hall–Kier alpha value is -1.81. The van der Waals surface area contributed by atoms with Crippen LogP contribution in [-0.2, 0) is 20.0 Å². The predicted octanol–water partition coefficient (Wildman–Crippen LogP) is 1.76. The number of aromatic nitrogens is 2.